The second-order valence-corrected chi connectivity index (χ2v) is 32.0. The van der Waals surface area contributed by atoms with Gasteiger partial charge in [-0.2, -0.15) is 0 Å². The van der Waals surface area contributed by atoms with E-state index in [1.165, 1.54) is 137 Å². The minimum atomic E-state index is -2.61. The maximum atomic E-state index is 15.0. The molecule has 109 heavy (non-hydrogen) atoms. The Morgan fingerprint density at radius 3 is 1.64 bits per heavy atom. The van der Waals surface area contributed by atoms with Crippen molar-refractivity contribution in [3.05, 3.63) is 36.0 Å². The zero-order valence-corrected chi connectivity index (χ0v) is 68.9. The van der Waals surface area contributed by atoms with Gasteiger partial charge in [-0.3, -0.25) is 38.4 Å². The summed E-state index contributed by atoms with van der Waals surface area (Å²) in [7, 11) is 4.53. The maximum absolute atomic E-state index is 15.0. The average Bonchev–Trinajstić information content (AvgIpc) is 0.840. The lowest BCUT2D eigenvalue weighted by molar-refractivity contribution is -0.302. The molecule has 4 rings (SSSR count). The number of ketones is 2. The molecule has 0 aromatic carbocycles. The number of esters is 6. The predicted octanol–water partition coefficient (Wildman–Crippen LogP) is 16.3. The number of ether oxygens (including phenoxy) is 10. The van der Waals surface area contributed by atoms with Crippen molar-refractivity contribution in [2.24, 2.45) is 29.6 Å². The summed E-state index contributed by atoms with van der Waals surface area (Å²) in [5, 5.41) is 23.1. The number of piperidine rings is 1. The number of allylic oxidation sites excluding steroid dienone is 4. The number of carbonyl (C=O) groups excluding carboxylic acids is 9. The van der Waals surface area contributed by atoms with E-state index in [-0.39, 0.29) is 95.4 Å². The highest BCUT2D eigenvalue weighted by Crippen LogP contribution is 2.40. The normalized spacial score (nSPS) is 26.8. The number of unbranched alkanes of at least 4 members (excludes halogenated alkanes) is 24. The minimum Gasteiger partial charge on any atom is -0.466 e. The molecule has 3 aliphatic heterocycles. The van der Waals surface area contributed by atoms with Crippen LogP contribution in [0.25, 0.3) is 0 Å². The second kappa shape index (κ2) is 55.1. The van der Waals surface area contributed by atoms with Crippen LogP contribution in [0.5, 0.6) is 0 Å². The zero-order chi connectivity index (χ0) is 79.9. The first kappa shape index (κ1) is 96.0. The summed E-state index contributed by atoms with van der Waals surface area (Å²) >= 11 is 0. The van der Waals surface area contributed by atoms with Crippen LogP contribution in [-0.2, 0) is 90.5 Å². The van der Waals surface area contributed by atoms with Gasteiger partial charge in [-0.1, -0.05) is 213 Å². The van der Waals surface area contributed by atoms with Crippen LogP contribution in [-0.4, -0.2) is 177 Å². The van der Waals surface area contributed by atoms with Gasteiger partial charge in [0.2, 0.25) is 5.79 Å². The quantitative estimate of drug-likeness (QED) is 0.0188. The molecule has 2 N–H and O–H groups in total. The van der Waals surface area contributed by atoms with E-state index in [9.17, 15) is 48.6 Å². The van der Waals surface area contributed by atoms with Gasteiger partial charge in [0.15, 0.2) is 6.10 Å². The molecule has 1 aliphatic carbocycles. The number of nitrogens with zero attached hydrogens (tertiary/aromatic N) is 1. The lowest BCUT2D eigenvalue weighted by Gasteiger charge is -2.47. The van der Waals surface area contributed by atoms with E-state index < -0.39 is 139 Å². The number of aliphatic hydroxyl groups is 2. The summed E-state index contributed by atoms with van der Waals surface area (Å²) in [6.45, 7) is 16.5. The Bertz CT molecular complexity index is 2700. The van der Waals surface area contributed by atoms with Crippen molar-refractivity contribution in [2.45, 2.75) is 385 Å². The molecule has 22 nitrogen and oxygen atoms in total. The van der Waals surface area contributed by atoms with Gasteiger partial charge in [0.05, 0.1) is 43.9 Å². The number of methoxy groups -OCH3 is 3. The van der Waals surface area contributed by atoms with E-state index in [0.29, 0.717) is 63.4 Å². The number of cyclic esters (lactones) is 1. The average molecular weight is 1540 g/mol. The van der Waals surface area contributed by atoms with Gasteiger partial charge >= 0.3 is 35.8 Å². The van der Waals surface area contributed by atoms with Gasteiger partial charge in [-0.05, 0) is 115 Å². The molecule has 22 heteroatoms. The Morgan fingerprint density at radius 2 is 1.11 bits per heavy atom. The van der Waals surface area contributed by atoms with Crippen LogP contribution in [0, 0.1) is 29.6 Å². The Balaban J connectivity index is 1.48. The highest BCUT2D eigenvalue weighted by Gasteiger charge is 2.57. The standard InChI is InChI=1S/C87H145NO21/c1-12-15-17-19-21-23-25-27-29-31-33-35-37-44-77(91)104-60-69(61-105-78(92)45-38-36-34-32-30-28-26-24-22-20-18-16-13-2)106-81(95)50-49-79(93)103-52-41-46-80(94)107-73-59-72(90)68(42-14-3)54-62(4)53-63(5)55-75(101-10)83-76(102-11)57-65(7)87(99,109-83)84(96)85(97)88-51-40-39-43-70(88)86(98)108-82(66(73)8)64(6)56-67-47-48-71(89)74(58-67)100-9/h14,54,56,63,65-71,73-76,82-83,89,99H,3,12-13,15-53,55,57-61H2,1-2,4-11H3/b62-54+,64-56+/t63-,65+,66+,67?,68+,70-,71+,73-,74+,75-,76-,82+,83+,87+/m0/s1. The van der Waals surface area contributed by atoms with E-state index in [4.69, 9.17) is 47.4 Å². The van der Waals surface area contributed by atoms with Crippen LogP contribution >= 0.6 is 0 Å². The van der Waals surface area contributed by atoms with E-state index in [0.717, 1.165) is 49.0 Å². The molecule has 0 spiro atoms. The first-order chi connectivity index (χ1) is 52.4. The number of hydrogen-bond donors (Lipinski definition) is 2. The Labute approximate surface area is 654 Å². The monoisotopic (exact) mass is 1540 g/mol. The molecule has 1 saturated carbocycles. The fourth-order valence-electron chi connectivity index (χ4n) is 15.9. The third-order valence-corrected chi connectivity index (χ3v) is 22.6. The molecule has 3 heterocycles. The van der Waals surface area contributed by atoms with Crippen LogP contribution < -0.4 is 0 Å². The van der Waals surface area contributed by atoms with Crippen molar-refractivity contribution in [3.8, 4) is 0 Å². The number of amides is 1. The van der Waals surface area contributed by atoms with Crippen molar-refractivity contribution in [1.29, 1.82) is 0 Å². The molecule has 0 aromatic rings. The molecule has 1 amide bonds. The van der Waals surface area contributed by atoms with Crippen molar-refractivity contribution < 1.29 is 101 Å². The topological polar surface area (TPSA) is 290 Å². The molecule has 2 saturated heterocycles. The molecular formula is C87H145NO21. The van der Waals surface area contributed by atoms with Crippen LogP contribution in [0.15, 0.2) is 36.0 Å². The number of hydrogen-bond acceptors (Lipinski definition) is 21. The van der Waals surface area contributed by atoms with Crippen molar-refractivity contribution in [3.63, 3.8) is 0 Å². The summed E-state index contributed by atoms with van der Waals surface area (Å²) in [5.41, 5.74) is 1.40. The van der Waals surface area contributed by atoms with Crippen molar-refractivity contribution in [2.75, 3.05) is 47.7 Å². The molecule has 14 atom stereocenters. The minimum absolute atomic E-state index is 0.0118. The lowest BCUT2D eigenvalue weighted by Crippen LogP contribution is -2.64. The van der Waals surface area contributed by atoms with E-state index in [1.807, 2.05) is 26.0 Å². The third kappa shape index (κ3) is 36.5. The Morgan fingerprint density at radius 1 is 0.606 bits per heavy atom. The third-order valence-electron chi connectivity index (χ3n) is 22.6. The first-order valence-electron chi connectivity index (χ1n) is 42.5. The van der Waals surface area contributed by atoms with Crippen LogP contribution in [0.2, 0.25) is 0 Å². The highest BCUT2D eigenvalue weighted by atomic mass is 16.7. The zero-order valence-electron chi connectivity index (χ0n) is 68.9. The van der Waals surface area contributed by atoms with E-state index >= 15 is 4.79 Å². The molecule has 624 valence electrons. The summed E-state index contributed by atoms with van der Waals surface area (Å²) < 4.78 is 59.0. The van der Waals surface area contributed by atoms with Gasteiger partial charge in [-0.25, -0.2) is 4.79 Å². The predicted molar refractivity (Wildman–Crippen MR) is 418 cm³/mol. The fraction of sp³-hybridized carbons (Fsp3) is 0.828. The number of Topliss-reactive ketones (excluding diaryl/α,β-unsaturated/α-hetero) is 2. The molecule has 4 aliphatic rings. The summed E-state index contributed by atoms with van der Waals surface area (Å²) in [5.74, 6) is -12.2. The van der Waals surface area contributed by atoms with Crippen LogP contribution in [0.3, 0.4) is 0 Å². The smallest absolute Gasteiger partial charge is 0.329 e. The summed E-state index contributed by atoms with van der Waals surface area (Å²) in [6.07, 6.45) is 31.4. The van der Waals surface area contributed by atoms with E-state index in [1.54, 1.807) is 26.8 Å². The van der Waals surface area contributed by atoms with Gasteiger partial charge in [0.1, 0.15) is 43.4 Å². The molecule has 1 unspecified atom stereocenters. The highest BCUT2D eigenvalue weighted by molar-refractivity contribution is 6.39. The van der Waals surface area contributed by atoms with Gasteiger partial charge in [0.25, 0.3) is 11.7 Å². The molecule has 0 radical (unpaired) electrons. The number of carbonyl (C=O) groups is 9. The molecule has 2 bridgehead atoms. The van der Waals surface area contributed by atoms with Gasteiger partial charge < -0.3 is 62.5 Å². The maximum Gasteiger partial charge on any atom is 0.329 e. The fourth-order valence-corrected chi connectivity index (χ4v) is 15.9. The van der Waals surface area contributed by atoms with Gasteiger partial charge in [-0.15, -0.1) is 6.58 Å². The Hall–Kier alpha value is -5.39. The molecule has 0 aromatic heterocycles. The number of fused-ring (bicyclic) bond motifs is 3. The van der Waals surface area contributed by atoms with Crippen molar-refractivity contribution in [1.82, 2.24) is 4.90 Å². The summed E-state index contributed by atoms with van der Waals surface area (Å²) in [4.78, 5) is 127. The van der Waals surface area contributed by atoms with E-state index in [2.05, 4.69) is 20.4 Å². The number of aliphatic hydroxyl groups excluding tert-OH is 1. The van der Waals surface area contributed by atoms with Crippen molar-refractivity contribution >= 4 is 53.3 Å². The van der Waals surface area contributed by atoms with Crippen LogP contribution in [0.1, 0.15) is 325 Å². The Kier molecular flexibility index (Phi) is 48.6. The summed E-state index contributed by atoms with van der Waals surface area (Å²) in [6, 6.07) is -1.29. The largest absolute Gasteiger partial charge is 0.466 e. The molecular weight excluding hydrogens is 1390 g/mol. The molecule has 3 fully saturated rings. The number of rotatable bonds is 48. The first-order valence-corrected chi connectivity index (χ1v) is 42.5. The lowest BCUT2D eigenvalue weighted by atomic mass is 9.81. The van der Waals surface area contributed by atoms with Crippen LogP contribution in [0.4, 0.5) is 0 Å². The van der Waals surface area contributed by atoms with Gasteiger partial charge in [0, 0.05) is 71.3 Å². The SMILES string of the molecule is C=CC[C@@H]1/C=C(\C)C[C@H](C)C[C@H](OC)[C@H]2O[C@@](O)(C(=O)C(=O)N3CCCC[C@H]3C(=O)O[C@H](/C(C)=C/C3CC[C@@H](O)[C@H](OC)C3)[C@H](C)[C@@H](OC(=O)CCCOC(=O)CCC(=O)OC(COC(=O)CCCCCCCCCCCCCCC)COC(=O)CCCCCCCCCCCCCCC)CC1=O)[C@H](C)C[C@@H]2OC. The second-order valence-electron chi connectivity index (χ2n) is 32.0.